The van der Waals surface area contributed by atoms with E-state index >= 15 is 0 Å². The number of halogens is 1. The molecular weight excluding hydrogens is 300 g/mol. The maximum absolute atomic E-state index is 12.1. The summed E-state index contributed by atoms with van der Waals surface area (Å²) in [5.74, 6) is 7.92. The number of hydrazine groups is 1. The van der Waals surface area contributed by atoms with Crippen LogP contribution >= 0.6 is 15.9 Å². The van der Waals surface area contributed by atoms with Gasteiger partial charge in [-0.15, -0.1) is 0 Å². The number of ether oxygens (including phenoxy) is 2. The normalized spacial score (nSPS) is 69.9. The molecule has 18 heavy (non-hydrogen) atoms. The van der Waals surface area contributed by atoms with Crippen LogP contribution < -0.4 is 11.3 Å². The molecule has 5 nitrogen and oxygen atoms in total. The van der Waals surface area contributed by atoms with Crippen molar-refractivity contribution < 1.29 is 14.3 Å². The second kappa shape index (κ2) is 2.20. The van der Waals surface area contributed by atoms with Crippen molar-refractivity contribution in [3.8, 4) is 0 Å². The van der Waals surface area contributed by atoms with Crippen LogP contribution in [0.5, 0.6) is 0 Å². The average molecular weight is 313 g/mol. The number of alkyl halides is 1. The van der Waals surface area contributed by atoms with Crippen molar-refractivity contribution >= 4 is 21.8 Å². The average Bonchev–Trinajstić information content (AvgIpc) is 2.89. The van der Waals surface area contributed by atoms with E-state index < -0.39 is 5.79 Å². The van der Waals surface area contributed by atoms with Crippen molar-refractivity contribution in [3.05, 3.63) is 0 Å². The molecule has 4 unspecified atom stereocenters. The molecule has 6 heteroatoms. The van der Waals surface area contributed by atoms with Gasteiger partial charge in [0.05, 0.1) is 23.0 Å². The standard InChI is InChI=1S/C12H13BrN2O3/c13-11-6-3-7(11)5-8(12(11)17-1-2-18-12)4(6)10(3,5)9(16)15-14/h3-8H,1-2,14H2,(H,15,16)/t3?,4-,5+,6+,7-,8?,10?,11?. The van der Waals surface area contributed by atoms with E-state index in [1.54, 1.807) is 0 Å². The number of nitrogens with one attached hydrogen (secondary N) is 1. The molecule has 0 aromatic heterocycles. The van der Waals surface area contributed by atoms with Gasteiger partial charge in [-0.1, -0.05) is 15.9 Å². The topological polar surface area (TPSA) is 73.6 Å². The molecule has 7 aliphatic rings. The molecule has 7 fully saturated rings. The smallest absolute Gasteiger partial charge is 0.241 e. The van der Waals surface area contributed by atoms with Crippen molar-refractivity contribution in [2.45, 2.75) is 10.1 Å². The minimum Gasteiger partial charge on any atom is -0.346 e. The summed E-state index contributed by atoms with van der Waals surface area (Å²) >= 11 is 3.96. The number of nitrogens with two attached hydrogens (primary N) is 1. The highest BCUT2D eigenvalue weighted by Crippen LogP contribution is 3.04. The molecule has 6 aliphatic carbocycles. The highest BCUT2D eigenvalue weighted by Gasteiger charge is 3.10. The predicted octanol–water partition coefficient (Wildman–Crippen LogP) is -0.395. The molecule has 1 aliphatic heterocycles. The van der Waals surface area contributed by atoms with Gasteiger partial charge in [0, 0.05) is 5.92 Å². The van der Waals surface area contributed by atoms with Gasteiger partial charge in [-0.05, 0) is 29.6 Å². The van der Waals surface area contributed by atoms with Crippen LogP contribution in [0.1, 0.15) is 0 Å². The lowest BCUT2D eigenvalue weighted by Gasteiger charge is -2.90. The van der Waals surface area contributed by atoms with E-state index in [1.807, 2.05) is 0 Å². The molecule has 6 saturated carbocycles. The van der Waals surface area contributed by atoms with Gasteiger partial charge in [-0.25, -0.2) is 5.84 Å². The van der Waals surface area contributed by atoms with Crippen molar-refractivity contribution in [2.75, 3.05) is 13.2 Å². The van der Waals surface area contributed by atoms with Crippen LogP contribution in [0.4, 0.5) is 0 Å². The van der Waals surface area contributed by atoms with Crippen LogP contribution in [0.25, 0.3) is 0 Å². The quantitative estimate of drug-likeness (QED) is 0.299. The number of rotatable bonds is 1. The molecule has 0 aromatic rings. The lowest BCUT2D eigenvalue weighted by atomic mass is 9.13. The fraction of sp³-hybridized carbons (Fsp3) is 0.917. The van der Waals surface area contributed by atoms with E-state index in [9.17, 15) is 4.79 Å². The molecule has 0 aromatic carbocycles. The lowest BCUT2D eigenvalue weighted by molar-refractivity contribution is -0.416. The van der Waals surface area contributed by atoms with Crippen molar-refractivity contribution in [1.82, 2.24) is 5.43 Å². The van der Waals surface area contributed by atoms with Gasteiger partial charge in [-0.3, -0.25) is 10.2 Å². The minimum atomic E-state index is -0.428. The zero-order chi connectivity index (χ0) is 12.1. The van der Waals surface area contributed by atoms with Gasteiger partial charge >= 0.3 is 0 Å². The molecule has 1 heterocycles. The maximum Gasteiger partial charge on any atom is 0.241 e. The van der Waals surface area contributed by atoms with Crippen molar-refractivity contribution in [3.63, 3.8) is 0 Å². The van der Waals surface area contributed by atoms with Crippen LogP contribution in [0, 0.1) is 40.9 Å². The van der Waals surface area contributed by atoms with Crippen LogP contribution in [-0.2, 0) is 14.3 Å². The summed E-state index contributed by atoms with van der Waals surface area (Å²) in [5.41, 5.74) is 2.24. The molecule has 7 rings (SSSR count). The first-order valence-electron chi connectivity index (χ1n) is 6.65. The Bertz CT molecular complexity index is 511. The van der Waals surface area contributed by atoms with Gasteiger partial charge in [-0.2, -0.15) is 0 Å². The van der Waals surface area contributed by atoms with Gasteiger partial charge in [0.2, 0.25) is 5.91 Å². The monoisotopic (exact) mass is 312 g/mol. The maximum atomic E-state index is 12.1. The second-order valence-corrected chi connectivity index (χ2v) is 8.01. The first-order chi connectivity index (χ1) is 8.67. The molecule has 0 radical (unpaired) electrons. The van der Waals surface area contributed by atoms with Gasteiger partial charge in [0.15, 0.2) is 5.79 Å². The molecule has 1 saturated heterocycles. The first kappa shape index (κ1) is 9.69. The van der Waals surface area contributed by atoms with E-state index in [0.717, 1.165) is 0 Å². The highest BCUT2D eigenvalue weighted by molar-refractivity contribution is 9.10. The zero-order valence-corrected chi connectivity index (χ0v) is 11.1. The molecule has 8 atom stereocenters. The third-order valence-electron chi connectivity index (χ3n) is 7.16. The second-order valence-electron chi connectivity index (χ2n) is 6.69. The Morgan fingerprint density at radius 3 is 2.22 bits per heavy atom. The number of hydrogen-bond acceptors (Lipinski definition) is 4. The number of hydrogen-bond donors (Lipinski definition) is 2. The third-order valence-corrected chi connectivity index (χ3v) is 8.77. The van der Waals surface area contributed by atoms with Crippen LogP contribution in [0.2, 0.25) is 0 Å². The molecule has 2 bridgehead atoms. The Kier molecular flexibility index (Phi) is 1.18. The summed E-state index contributed by atoms with van der Waals surface area (Å²) in [7, 11) is 0. The molecule has 3 N–H and O–H groups in total. The number of carbonyl (C=O) groups excluding carboxylic acids is 1. The number of amides is 1. The third kappa shape index (κ3) is 0.473. The predicted molar refractivity (Wildman–Crippen MR) is 62.0 cm³/mol. The fourth-order valence-corrected chi connectivity index (χ4v) is 8.83. The number of carbonyl (C=O) groups is 1. The Labute approximate surface area is 112 Å². The van der Waals surface area contributed by atoms with Crippen molar-refractivity contribution in [2.24, 2.45) is 46.8 Å². The largest absolute Gasteiger partial charge is 0.346 e. The van der Waals surface area contributed by atoms with E-state index in [1.165, 1.54) is 0 Å². The summed E-state index contributed by atoms with van der Waals surface area (Å²) in [4.78, 5) is 12.1. The summed E-state index contributed by atoms with van der Waals surface area (Å²) in [6.07, 6.45) is 0. The van der Waals surface area contributed by atoms with E-state index in [4.69, 9.17) is 15.3 Å². The van der Waals surface area contributed by atoms with Crippen LogP contribution in [0.15, 0.2) is 0 Å². The van der Waals surface area contributed by atoms with Crippen molar-refractivity contribution in [1.29, 1.82) is 0 Å². The van der Waals surface area contributed by atoms with Crippen LogP contribution in [-0.4, -0.2) is 29.2 Å². The lowest BCUT2D eigenvalue weighted by Crippen LogP contribution is -2.94. The summed E-state index contributed by atoms with van der Waals surface area (Å²) in [6.45, 7) is 1.37. The van der Waals surface area contributed by atoms with E-state index in [0.29, 0.717) is 48.7 Å². The molecule has 96 valence electrons. The summed E-state index contributed by atoms with van der Waals surface area (Å²) in [5, 5.41) is 0. The Morgan fingerprint density at radius 1 is 1.11 bits per heavy atom. The molecule has 1 spiro atoms. The summed E-state index contributed by atoms with van der Waals surface area (Å²) in [6, 6.07) is 0. The van der Waals surface area contributed by atoms with E-state index in [2.05, 4.69) is 21.4 Å². The zero-order valence-electron chi connectivity index (χ0n) is 9.56. The first-order valence-corrected chi connectivity index (χ1v) is 7.44. The molecular formula is C12H13BrN2O3. The minimum absolute atomic E-state index is 0.00219. The Hall–Kier alpha value is -0.170. The Morgan fingerprint density at radius 2 is 1.67 bits per heavy atom. The van der Waals surface area contributed by atoms with E-state index in [-0.39, 0.29) is 15.6 Å². The van der Waals surface area contributed by atoms with Crippen LogP contribution in [0.3, 0.4) is 0 Å². The Balaban J connectivity index is 1.53. The molecule has 1 amide bonds. The highest BCUT2D eigenvalue weighted by atomic mass is 79.9. The summed E-state index contributed by atoms with van der Waals surface area (Å²) < 4.78 is 12.1. The SMILES string of the molecule is NNC(=O)C12C3[C@@H]4[C@H]1C1[C@H]2[C@H]3C4(Br)C12OCCO2. The fourth-order valence-electron chi connectivity index (χ4n) is 7.20. The van der Waals surface area contributed by atoms with Gasteiger partial charge in [0.25, 0.3) is 0 Å². The van der Waals surface area contributed by atoms with Gasteiger partial charge < -0.3 is 9.47 Å². The van der Waals surface area contributed by atoms with Gasteiger partial charge in [0.1, 0.15) is 0 Å².